The van der Waals surface area contributed by atoms with Crippen molar-refractivity contribution in [2.75, 3.05) is 19.6 Å². The van der Waals surface area contributed by atoms with Crippen molar-refractivity contribution < 1.29 is 9.72 Å². The van der Waals surface area contributed by atoms with Crippen LogP contribution in [0.5, 0.6) is 0 Å². The summed E-state index contributed by atoms with van der Waals surface area (Å²) < 4.78 is 1.28. The summed E-state index contributed by atoms with van der Waals surface area (Å²) in [7, 11) is 0. The minimum Gasteiger partial charge on any atom is -0.351 e. The molecule has 0 fully saturated rings. The second kappa shape index (κ2) is 8.81. The number of benzene rings is 1. The van der Waals surface area contributed by atoms with Gasteiger partial charge in [0.25, 0.3) is 11.6 Å². The first-order valence-corrected chi connectivity index (χ1v) is 6.76. The molecular formula is C13H17ClN6O3. The fourth-order valence-corrected chi connectivity index (χ4v) is 1.88. The molecule has 2 aromatic rings. The number of amides is 1. The summed E-state index contributed by atoms with van der Waals surface area (Å²) in [4.78, 5) is 26.4. The lowest BCUT2D eigenvalue weighted by molar-refractivity contribution is -0.384. The summed E-state index contributed by atoms with van der Waals surface area (Å²) in [6, 6.07) is 4.23. The van der Waals surface area contributed by atoms with Gasteiger partial charge in [0, 0.05) is 24.7 Å². The highest BCUT2D eigenvalue weighted by molar-refractivity contribution is 5.95. The molecule has 1 aromatic heterocycles. The molecule has 124 valence electrons. The van der Waals surface area contributed by atoms with E-state index in [1.807, 2.05) is 6.92 Å². The highest BCUT2D eigenvalue weighted by Crippen LogP contribution is 2.23. The van der Waals surface area contributed by atoms with Crippen LogP contribution in [-0.2, 0) is 0 Å². The predicted octanol–water partition coefficient (Wildman–Crippen LogP) is 0.937. The Morgan fingerprint density at radius 1 is 1.39 bits per heavy atom. The minimum absolute atomic E-state index is 0. The van der Waals surface area contributed by atoms with Crippen LogP contribution in [-0.4, -0.2) is 45.2 Å². The maximum Gasteiger partial charge on any atom is 0.295 e. The Kier molecular flexibility index (Phi) is 7.10. The Hall–Kier alpha value is -2.52. The average molecular weight is 341 g/mol. The molecule has 0 saturated carbocycles. The second-order valence-corrected chi connectivity index (χ2v) is 4.41. The van der Waals surface area contributed by atoms with Crippen molar-refractivity contribution in [2.24, 2.45) is 0 Å². The van der Waals surface area contributed by atoms with Crippen LogP contribution in [0.4, 0.5) is 5.69 Å². The molecule has 1 heterocycles. The summed E-state index contributed by atoms with van der Waals surface area (Å²) in [6.45, 7) is 3.87. The van der Waals surface area contributed by atoms with Crippen LogP contribution in [0, 0.1) is 10.1 Å². The first-order chi connectivity index (χ1) is 10.6. The van der Waals surface area contributed by atoms with E-state index in [-0.39, 0.29) is 35.3 Å². The monoisotopic (exact) mass is 340 g/mol. The van der Waals surface area contributed by atoms with E-state index in [9.17, 15) is 14.9 Å². The number of carbonyl (C=O) groups excluding carboxylic acids is 1. The number of nitro groups is 1. The summed E-state index contributed by atoms with van der Waals surface area (Å²) in [5.41, 5.74) is 0.281. The minimum atomic E-state index is -0.549. The summed E-state index contributed by atoms with van der Waals surface area (Å²) in [5, 5.41) is 20.8. The molecule has 0 atom stereocenters. The molecule has 0 aliphatic carbocycles. The maximum atomic E-state index is 12.0. The van der Waals surface area contributed by atoms with Crippen LogP contribution >= 0.6 is 12.4 Å². The summed E-state index contributed by atoms with van der Waals surface area (Å²) >= 11 is 0. The van der Waals surface area contributed by atoms with Crippen molar-refractivity contribution >= 4 is 24.0 Å². The quantitative estimate of drug-likeness (QED) is 0.440. The second-order valence-electron chi connectivity index (χ2n) is 4.41. The van der Waals surface area contributed by atoms with Crippen LogP contribution in [0.2, 0.25) is 0 Å². The van der Waals surface area contributed by atoms with E-state index in [1.165, 1.54) is 35.5 Å². The SMILES string of the molecule is CCNCCNC(=O)c1ccc(-n2cncn2)c([N+](=O)[O-])c1.Cl. The first-order valence-electron chi connectivity index (χ1n) is 6.76. The van der Waals surface area contributed by atoms with E-state index < -0.39 is 4.92 Å². The molecule has 0 unspecified atom stereocenters. The zero-order valence-electron chi connectivity index (χ0n) is 12.4. The van der Waals surface area contributed by atoms with Crippen LogP contribution in [0.15, 0.2) is 30.9 Å². The van der Waals surface area contributed by atoms with Gasteiger partial charge in [0.1, 0.15) is 18.3 Å². The number of nitro benzene ring substituents is 1. The fourth-order valence-electron chi connectivity index (χ4n) is 1.88. The number of rotatable bonds is 7. The number of aromatic nitrogens is 3. The van der Waals surface area contributed by atoms with Gasteiger partial charge < -0.3 is 10.6 Å². The topological polar surface area (TPSA) is 115 Å². The number of hydrogen-bond donors (Lipinski definition) is 2. The van der Waals surface area contributed by atoms with E-state index in [2.05, 4.69) is 20.7 Å². The lowest BCUT2D eigenvalue weighted by atomic mass is 10.1. The van der Waals surface area contributed by atoms with E-state index in [0.29, 0.717) is 13.1 Å². The molecule has 0 bridgehead atoms. The Morgan fingerprint density at radius 3 is 2.78 bits per heavy atom. The van der Waals surface area contributed by atoms with E-state index in [4.69, 9.17) is 0 Å². The van der Waals surface area contributed by atoms with E-state index in [1.54, 1.807) is 0 Å². The zero-order chi connectivity index (χ0) is 15.9. The van der Waals surface area contributed by atoms with Crippen LogP contribution in [0.3, 0.4) is 0 Å². The first kappa shape index (κ1) is 18.5. The summed E-state index contributed by atoms with van der Waals surface area (Å²) in [5.74, 6) is -0.355. The molecule has 0 aliphatic rings. The zero-order valence-corrected chi connectivity index (χ0v) is 13.2. The molecule has 23 heavy (non-hydrogen) atoms. The highest BCUT2D eigenvalue weighted by atomic mass is 35.5. The molecule has 1 amide bonds. The smallest absolute Gasteiger partial charge is 0.295 e. The van der Waals surface area contributed by atoms with Crippen molar-refractivity contribution in [2.45, 2.75) is 6.92 Å². The maximum absolute atomic E-state index is 12.0. The molecular weight excluding hydrogens is 324 g/mol. The van der Waals surface area contributed by atoms with Crippen LogP contribution < -0.4 is 10.6 Å². The van der Waals surface area contributed by atoms with Crippen molar-refractivity contribution in [1.29, 1.82) is 0 Å². The van der Waals surface area contributed by atoms with Gasteiger partial charge in [-0.2, -0.15) is 5.10 Å². The van der Waals surface area contributed by atoms with Gasteiger partial charge in [-0.1, -0.05) is 6.92 Å². The number of likely N-dealkylation sites (N-methyl/N-ethyl adjacent to an activating group) is 1. The van der Waals surface area contributed by atoms with Gasteiger partial charge in [0.15, 0.2) is 0 Å². The molecule has 1 aromatic carbocycles. The molecule has 0 saturated heterocycles. The van der Waals surface area contributed by atoms with Crippen molar-refractivity contribution in [3.8, 4) is 5.69 Å². The van der Waals surface area contributed by atoms with E-state index in [0.717, 1.165) is 6.54 Å². The fraction of sp³-hybridized carbons (Fsp3) is 0.308. The largest absolute Gasteiger partial charge is 0.351 e. The summed E-state index contributed by atoms with van der Waals surface area (Å²) in [6.07, 6.45) is 2.64. The predicted molar refractivity (Wildman–Crippen MR) is 86.1 cm³/mol. The van der Waals surface area contributed by atoms with Gasteiger partial charge in [-0.05, 0) is 18.7 Å². The molecule has 0 spiro atoms. The molecule has 2 rings (SSSR count). The number of halogens is 1. The Morgan fingerprint density at radius 2 is 2.17 bits per heavy atom. The Balaban J connectivity index is 0.00000264. The molecule has 0 radical (unpaired) electrons. The molecule has 10 heteroatoms. The van der Waals surface area contributed by atoms with Crippen molar-refractivity contribution in [3.63, 3.8) is 0 Å². The van der Waals surface area contributed by atoms with Crippen LogP contribution in [0.1, 0.15) is 17.3 Å². The molecule has 9 nitrogen and oxygen atoms in total. The molecule has 2 N–H and O–H groups in total. The molecule has 0 aliphatic heterocycles. The number of nitrogens with one attached hydrogen (secondary N) is 2. The van der Waals surface area contributed by atoms with Gasteiger partial charge in [0.2, 0.25) is 0 Å². The third kappa shape index (κ3) is 4.73. The van der Waals surface area contributed by atoms with Gasteiger partial charge in [-0.15, -0.1) is 12.4 Å². The van der Waals surface area contributed by atoms with Crippen LogP contribution in [0.25, 0.3) is 5.69 Å². The van der Waals surface area contributed by atoms with Gasteiger partial charge >= 0.3 is 0 Å². The highest BCUT2D eigenvalue weighted by Gasteiger charge is 2.19. The van der Waals surface area contributed by atoms with Gasteiger partial charge in [-0.3, -0.25) is 14.9 Å². The standard InChI is InChI=1S/C13H16N6O3.ClH/c1-2-14-5-6-16-13(20)10-3-4-11(12(7-10)19(21)22)18-9-15-8-17-18;/h3-4,7-9,14H,2,5-6H2,1H3,(H,16,20);1H. The number of carbonyl (C=O) groups is 1. The Labute approximate surface area is 138 Å². The third-order valence-corrected chi connectivity index (χ3v) is 2.94. The normalized spacial score (nSPS) is 9.96. The Bertz CT molecular complexity index is 662. The lowest BCUT2D eigenvalue weighted by Gasteiger charge is -2.07. The third-order valence-electron chi connectivity index (χ3n) is 2.94. The van der Waals surface area contributed by atoms with Crippen molar-refractivity contribution in [1.82, 2.24) is 25.4 Å². The lowest BCUT2D eigenvalue weighted by Crippen LogP contribution is -2.31. The average Bonchev–Trinajstić information content (AvgIpc) is 3.05. The number of nitrogens with zero attached hydrogens (tertiary/aromatic N) is 4. The van der Waals surface area contributed by atoms with Gasteiger partial charge in [0.05, 0.1) is 4.92 Å². The van der Waals surface area contributed by atoms with Gasteiger partial charge in [-0.25, -0.2) is 9.67 Å². The number of hydrogen-bond acceptors (Lipinski definition) is 6. The van der Waals surface area contributed by atoms with Crippen molar-refractivity contribution in [3.05, 3.63) is 46.5 Å². The van der Waals surface area contributed by atoms with E-state index >= 15 is 0 Å².